The van der Waals surface area contributed by atoms with Crippen molar-refractivity contribution in [1.29, 1.82) is 0 Å². The number of nitrogens with one attached hydrogen (secondary N) is 1. The van der Waals surface area contributed by atoms with Gasteiger partial charge in [-0.05, 0) is 11.4 Å². The maximum Gasteiger partial charge on any atom is 0.231 e. The van der Waals surface area contributed by atoms with Gasteiger partial charge in [-0.3, -0.25) is 0 Å². The van der Waals surface area contributed by atoms with Gasteiger partial charge in [0.1, 0.15) is 0 Å². The van der Waals surface area contributed by atoms with Crippen LogP contribution in [0.1, 0.15) is 0 Å². The largest absolute Gasteiger partial charge is 0.454 e. The molecule has 0 saturated carbocycles. The fourth-order valence-electron chi connectivity index (χ4n) is 2.33. The van der Waals surface area contributed by atoms with Gasteiger partial charge in [-0.15, -0.1) is 22.7 Å². The second-order valence-electron chi connectivity index (χ2n) is 4.83. The van der Waals surface area contributed by atoms with Gasteiger partial charge in [0.2, 0.25) is 6.79 Å². The van der Waals surface area contributed by atoms with E-state index in [2.05, 4.69) is 32.1 Å². The van der Waals surface area contributed by atoms with Crippen LogP contribution in [0.4, 0.5) is 10.3 Å². The van der Waals surface area contributed by atoms with Gasteiger partial charge in [-0.25, -0.2) is 9.97 Å². The minimum Gasteiger partial charge on any atom is -0.454 e. The number of nitrogens with zero attached hydrogens (tertiary/aromatic N) is 2. The molecule has 0 atom stereocenters. The summed E-state index contributed by atoms with van der Waals surface area (Å²) < 4.78 is 11.9. The Kier molecular flexibility index (Phi) is 3.00. The molecule has 1 aromatic carbocycles. The molecule has 0 radical (unpaired) electrons. The van der Waals surface area contributed by atoms with Crippen molar-refractivity contribution >= 4 is 54.5 Å². The number of rotatable bonds is 3. The molecule has 114 valence electrons. The molecule has 23 heavy (non-hydrogen) atoms. The fraction of sp³-hybridized carbons (Fsp3) is 0.0667. The monoisotopic (exact) mass is 359 g/mol. The highest BCUT2D eigenvalue weighted by atomic mass is 32.1. The molecule has 0 spiro atoms. The molecule has 4 heterocycles. The van der Waals surface area contributed by atoms with E-state index in [0.717, 1.165) is 37.7 Å². The highest BCUT2D eigenvalue weighted by Crippen LogP contribution is 2.40. The van der Waals surface area contributed by atoms with Crippen LogP contribution in [0, 0.1) is 0 Å². The molecule has 5 nitrogen and oxygen atoms in total. The van der Waals surface area contributed by atoms with Crippen LogP contribution in [-0.2, 0) is 0 Å². The first-order valence-corrected chi connectivity index (χ1v) is 9.39. The maximum absolute atomic E-state index is 5.41. The Bertz CT molecular complexity index is 950. The number of ether oxygens (including phenoxy) is 2. The minimum absolute atomic E-state index is 0.280. The third-order valence-corrected chi connectivity index (χ3v) is 5.96. The molecular formula is C15H9N3O2S3. The highest BCUT2D eigenvalue weighted by molar-refractivity contribution is 7.22. The van der Waals surface area contributed by atoms with Crippen LogP contribution in [0.5, 0.6) is 11.5 Å². The molecule has 0 aliphatic carbocycles. The molecule has 1 aliphatic heterocycles. The lowest BCUT2D eigenvalue weighted by atomic mass is 10.3. The summed E-state index contributed by atoms with van der Waals surface area (Å²) in [7, 11) is 0. The summed E-state index contributed by atoms with van der Waals surface area (Å²) >= 11 is 4.84. The van der Waals surface area contributed by atoms with E-state index in [1.807, 2.05) is 18.2 Å². The van der Waals surface area contributed by atoms with E-state index in [0.29, 0.717) is 0 Å². The Labute approximate surface area is 143 Å². The van der Waals surface area contributed by atoms with Gasteiger partial charge >= 0.3 is 0 Å². The first-order valence-electron chi connectivity index (χ1n) is 6.82. The standard InChI is InChI=1S/C15H9N3O2S3/c1-2-12(21-3-1)9-6-22-14(17-9)18-15-16-8-4-10-11(20-7-19-10)5-13(8)23-15/h1-6H,7H2,(H,16,17,18). The molecule has 0 fully saturated rings. The molecule has 1 aliphatic rings. The molecular weight excluding hydrogens is 350 g/mol. The highest BCUT2D eigenvalue weighted by Gasteiger charge is 2.17. The Balaban J connectivity index is 1.45. The normalized spacial score (nSPS) is 12.9. The number of fused-ring (bicyclic) bond motifs is 2. The predicted octanol–water partition coefficient (Wildman–Crippen LogP) is 4.95. The average Bonchev–Trinajstić information content (AvgIpc) is 3.31. The molecule has 0 unspecified atom stereocenters. The van der Waals surface area contributed by atoms with Crippen molar-refractivity contribution in [2.45, 2.75) is 0 Å². The second kappa shape index (κ2) is 5.19. The third-order valence-electron chi connectivity index (χ3n) is 3.37. The molecule has 8 heteroatoms. The van der Waals surface area contributed by atoms with Crippen molar-refractivity contribution in [3.63, 3.8) is 0 Å². The number of benzene rings is 1. The molecule has 3 aromatic heterocycles. The van der Waals surface area contributed by atoms with Gasteiger partial charge in [0.15, 0.2) is 21.8 Å². The van der Waals surface area contributed by atoms with E-state index in [4.69, 9.17) is 9.47 Å². The van der Waals surface area contributed by atoms with Crippen LogP contribution in [0.15, 0.2) is 35.0 Å². The Morgan fingerprint density at radius 2 is 1.96 bits per heavy atom. The Morgan fingerprint density at radius 3 is 2.83 bits per heavy atom. The third kappa shape index (κ3) is 2.35. The van der Waals surface area contributed by atoms with Crippen molar-refractivity contribution in [2.24, 2.45) is 0 Å². The first kappa shape index (κ1) is 13.3. The summed E-state index contributed by atoms with van der Waals surface area (Å²) in [6.07, 6.45) is 0. The van der Waals surface area contributed by atoms with Gasteiger partial charge in [0.25, 0.3) is 0 Å². The zero-order valence-corrected chi connectivity index (χ0v) is 14.1. The lowest BCUT2D eigenvalue weighted by Gasteiger charge is -1.94. The summed E-state index contributed by atoms with van der Waals surface area (Å²) in [6, 6.07) is 7.99. The van der Waals surface area contributed by atoms with Crippen LogP contribution in [0.3, 0.4) is 0 Å². The van der Waals surface area contributed by atoms with Crippen molar-refractivity contribution in [1.82, 2.24) is 9.97 Å². The van der Waals surface area contributed by atoms with Gasteiger partial charge in [0.05, 0.1) is 20.8 Å². The average molecular weight is 359 g/mol. The summed E-state index contributed by atoms with van der Waals surface area (Å²) in [5, 5.41) is 9.05. The summed E-state index contributed by atoms with van der Waals surface area (Å²) in [6.45, 7) is 0.280. The molecule has 4 aromatic rings. The van der Waals surface area contributed by atoms with Gasteiger partial charge in [0, 0.05) is 17.5 Å². The van der Waals surface area contributed by atoms with Crippen molar-refractivity contribution in [2.75, 3.05) is 12.1 Å². The molecule has 0 bridgehead atoms. The number of anilines is 2. The zero-order chi connectivity index (χ0) is 15.2. The number of hydrogen-bond acceptors (Lipinski definition) is 8. The summed E-state index contributed by atoms with van der Waals surface area (Å²) in [5.74, 6) is 1.53. The SMILES string of the molecule is c1csc(-c2csc(Nc3nc4cc5c(cc4s3)OCO5)n2)c1. The van der Waals surface area contributed by atoms with Gasteiger partial charge < -0.3 is 14.8 Å². The van der Waals surface area contributed by atoms with E-state index >= 15 is 0 Å². The molecule has 1 N–H and O–H groups in total. The zero-order valence-electron chi connectivity index (χ0n) is 11.6. The summed E-state index contributed by atoms with van der Waals surface area (Å²) in [5.41, 5.74) is 1.89. The van der Waals surface area contributed by atoms with Crippen molar-refractivity contribution < 1.29 is 9.47 Å². The molecule has 5 rings (SSSR count). The number of thiazole rings is 2. The number of aromatic nitrogens is 2. The van der Waals surface area contributed by atoms with Crippen LogP contribution in [0.2, 0.25) is 0 Å². The van der Waals surface area contributed by atoms with Crippen molar-refractivity contribution in [3.8, 4) is 22.1 Å². The topological polar surface area (TPSA) is 56.3 Å². The smallest absolute Gasteiger partial charge is 0.231 e. The van der Waals surface area contributed by atoms with Crippen LogP contribution in [-0.4, -0.2) is 16.8 Å². The van der Waals surface area contributed by atoms with E-state index in [1.54, 1.807) is 34.0 Å². The minimum atomic E-state index is 0.280. The maximum atomic E-state index is 5.41. The lowest BCUT2D eigenvalue weighted by Crippen LogP contribution is -1.92. The molecule has 0 amide bonds. The Hall–Kier alpha value is -2.16. The molecule has 0 saturated heterocycles. The summed E-state index contributed by atoms with van der Waals surface area (Å²) in [4.78, 5) is 10.4. The quantitative estimate of drug-likeness (QED) is 0.561. The van der Waals surface area contributed by atoms with E-state index in [-0.39, 0.29) is 6.79 Å². The van der Waals surface area contributed by atoms with Gasteiger partial charge in [-0.2, -0.15) is 0 Å². The van der Waals surface area contributed by atoms with E-state index in [1.165, 1.54) is 4.88 Å². The van der Waals surface area contributed by atoms with E-state index in [9.17, 15) is 0 Å². The Morgan fingerprint density at radius 1 is 1.04 bits per heavy atom. The second-order valence-corrected chi connectivity index (χ2v) is 7.67. The fourth-order valence-corrected chi connectivity index (χ4v) is 4.74. The lowest BCUT2D eigenvalue weighted by molar-refractivity contribution is 0.174. The first-order chi connectivity index (χ1) is 11.3. The van der Waals surface area contributed by atoms with Crippen molar-refractivity contribution in [3.05, 3.63) is 35.0 Å². The van der Waals surface area contributed by atoms with Crippen LogP contribution >= 0.6 is 34.0 Å². The van der Waals surface area contributed by atoms with E-state index < -0.39 is 0 Å². The number of thiophene rings is 1. The van der Waals surface area contributed by atoms with Crippen LogP contribution < -0.4 is 14.8 Å². The predicted molar refractivity (Wildman–Crippen MR) is 94.5 cm³/mol. The van der Waals surface area contributed by atoms with Crippen LogP contribution in [0.25, 0.3) is 20.8 Å². The number of hydrogen-bond donors (Lipinski definition) is 1. The van der Waals surface area contributed by atoms with Gasteiger partial charge in [-0.1, -0.05) is 17.4 Å².